The highest BCUT2D eigenvalue weighted by atomic mass is 32.2. The monoisotopic (exact) mass is 536 g/mol. The molecule has 7 nitrogen and oxygen atoms in total. The largest absolute Gasteiger partial charge is 0.393 e. The van der Waals surface area contributed by atoms with Crippen LogP contribution in [-0.4, -0.2) is 53.5 Å². The Morgan fingerprint density at radius 2 is 1.86 bits per heavy atom. The summed E-state index contributed by atoms with van der Waals surface area (Å²) in [6.07, 6.45) is -5.76. The quantitative estimate of drug-likeness (QED) is 0.347. The highest BCUT2D eigenvalue weighted by Gasteiger charge is 2.64. The van der Waals surface area contributed by atoms with Crippen molar-refractivity contribution < 1.29 is 40.3 Å². The van der Waals surface area contributed by atoms with Gasteiger partial charge in [-0.3, -0.25) is 9.35 Å². The fraction of sp³-hybridized carbons (Fsp3) is 0.964. The minimum absolute atomic E-state index is 0.0315. The van der Waals surface area contributed by atoms with Gasteiger partial charge in [-0.15, -0.1) is 0 Å². The summed E-state index contributed by atoms with van der Waals surface area (Å²) >= 11 is 0. The molecule has 36 heavy (non-hydrogen) atoms. The molecule has 0 aliphatic heterocycles. The summed E-state index contributed by atoms with van der Waals surface area (Å²) in [5.74, 6) is -2.76. The van der Waals surface area contributed by atoms with Crippen LogP contribution in [0, 0.1) is 52.3 Å². The Labute approximate surface area is 230 Å². The summed E-state index contributed by atoms with van der Waals surface area (Å²) in [7, 11) is -5.46. The fourth-order valence-corrected chi connectivity index (χ4v) is 9.04. The van der Waals surface area contributed by atoms with E-state index in [1.165, 1.54) is 0 Å². The molecule has 11 atom stereocenters. The fourth-order valence-electron chi connectivity index (χ4n) is 8.86. The highest BCUT2D eigenvalue weighted by Crippen LogP contribution is 2.69. The van der Waals surface area contributed by atoms with Gasteiger partial charge in [0.2, 0.25) is 5.91 Å². The molecular formula is C28H49NO6S. The predicted octanol–water partition coefficient (Wildman–Crippen LogP) is 4.03. The number of amides is 1. The van der Waals surface area contributed by atoms with Crippen molar-refractivity contribution in [2.45, 2.75) is 104 Å². The number of rotatable bonds is 8. The number of hydrogen-bond acceptors (Lipinski definition) is 5. The number of nitrogens with one attached hydrogen (secondary N) is 1. The van der Waals surface area contributed by atoms with Crippen LogP contribution in [0.3, 0.4) is 0 Å². The normalized spacial score (nSPS) is 54.6. The van der Waals surface area contributed by atoms with Gasteiger partial charge in [0.05, 0.1) is 22.0 Å². The molecule has 208 valence electrons. The van der Waals surface area contributed by atoms with Crippen molar-refractivity contribution in [2.24, 2.45) is 52.3 Å². The van der Waals surface area contributed by atoms with Crippen molar-refractivity contribution in [3.63, 3.8) is 0 Å². The second-order valence-corrected chi connectivity index (χ2v) is 13.3. The van der Waals surface area contributed by atoms with Crippen LogP contribution in [0.25, 0.3) is 0 Å². The van der Waals surface area contributed by atoms with Gasteiger partial charge in [-0.25, -0.2) is 0 Å². The third-order valence-corrected chi connectivity index (χ3v) is 10.9. The zero-order valence-electron chi connectivity index (χ0n) is 30.8. The molecule has 0 spiro atoms. The molecule has 3 unspecified atom stereocenters. The summed E-state index contributed by atoms with van der Waals surface area (Å²) in [5, 5.41) is 24.7. The van der Waals surface area contributed by atoms with E-state index < -0.39 is 70.4 Å². The van der Waals surface area contributed by atoms with Crippen molar-refractivity contribution in [3.8, 4) is 0 Å². The van der Waals surface area contributed by atoms with Crippen LogP contribution in [0.1, 0.15) is 104 Å². The van der Waals surface area contributed by atoms with Gasteiger partial charge in [0.25, 0.3) is 10.1 Å². The van der Waals surface area contributed by atoms with E-state index in [-0.39, 0.29) is 47.8 Å². The molecule has 0 radical (unpaired) electrons. The van der Waals surface area contributed by atoms with E-state index in [1.54, 1.807) is 5.32 Å². The van der Waals surface area contributed by atoms with E-state index in [2.05, 4.69) is 6.92 Å². The Kier molecular flexibility index (Phi) is 5.39. The third kappa shape index (κ3) is 5.13. The first-order valence-corrected chi connectivity index (χ1v) is 14.8. The molecule has 4 saturated carbocycles. The maximum atomic E-state index is 12.6. The first-order chi connectivity index (χ1) is 20.2. The topological polar surface area (TPSA) is 124 Å². The zero-order chi connectivity index (χ0) is 34.6. The average molecular weight is 537 g/mol. The van der Waals surface area contributed by atoms with Gasteiger partial charge in [0.15, 0.2) is 0 Å². The molecular weight excluding hydrogens is 478 g/mol. The Balaban J connectivity index is 1.55. The highest BCUT2D eigenvalue weighted by molar-refractivity contribution is 7.85. The molecule has 4 aliphatic rings. The Hall–Kier alpha value is -0.700. The van der Waals surface area contributed by atoms with Crippen molar-refractivity contribution in [3.05, 3.63) is 0 Å². The van der Waals surface area contributed by atoms with Gasteiger partial charge >= 0.3 is 0 Å². The molecule has 1 amide bonds. The predicted molar refractivity (Wildman–Crippen MR) is 140 cm³/mol. The minimum atomic E-state index is -5.46. The van der Waals surface area contributed by atoms with Crippen LogP contribution < -0.4 is 5.32 Å². The lowest BCUT2D eigenvalue weighted by Gasteiger charge is -2.64. The van der Waals surface area contributed by atoms with Gasteiger partial charge in [-0.2, -0.15) is 8.42 Å². The molecule has 0 aromatic carbocycles. The van der Waals surface area contributed by atoms with Gasteiger partial charge in [-0.05, 0) is 104 Å². The smallest absolute Gasteiger partial charge is 0.266 e. The zero-order valence-corrected chi connectivity index (χ0v) is 22.6. The lowest BCUT2D eigenvalue weighted by atomic mass is 9.41. The van der Waals surface area contributed by atoms with Gasteiger partial charge in [-0.1, -0.05) is 34.1 Å². The molecule has 8 heteroatoms. The van der Waals surface area contributed by atoms with Crippen LogP contribution in [0.5, 0.6) is 0 Å². The number of carbonyl (C=O) groups is 1. The minimum Gasteiger partial charge on any atom is -0.393 e. The number of aliphatic hydroxyl groups excluding tert-OH is 1. The summed E-state index contributed by atoms with van der Waals surface area (Å²) in [6.45, 7) is 4.52. The van der Waals surface area contributed by atoms with Crippen molar-refractivity contribution in [2.75, 3.05) is 12.2 Å². The van der Waals surface area contributed by atoms with Crippen LogP contribution in [0.4, 0.5) is 0 Å². The SMILES string of the molecule is [2H]C([2H])(NC(=O)CC[C@@H](C)[C@H]1CCC2C3C(CC[C@@]21C)[C@@]1(C)CC([2H])([2H])[C@]([2H])(O)C([2H])([2H])[C@H]1[C@@H](CC)[C@H]3O)C([2H])([2H])S(=O)(=O)O. The molecule has 0 aromatic heterocycles. The Morgan fingerprint density at radius 1 is 1.17 bits per heavy atom. The number of carbonyl (C=O) groups excluding carboxylic acids is 1. The molecule has 4 fully saturated rings. The molecule has 0 saturated heterocycles. The summed E-state index contributed by atoms with van der Waals surface area (Å²) in [5.41, 5.74) is -4.92. The second-order valence-electron chi connectivity index (χ2n) is 12.2. The standard InChI is InChI=1S/C28H49NO6S/c1-5-19-23-16-18(30)10-12-28(23,4)22-11-13-27(3)20(7-8-21(27)25(22)26(19)32)17(2)6-9-24(31)29-14-15-36(33,34)35/h17-23,25-26,30,32H,5-16H2,1-4H3,(H,29,31)(H,33,34,35)/t17-,18+,19-,20-,21?,22?,23+,25?,26-,27-,28-/m1/s1/i10D2,14D2,15D2,16D2,18D. The second kappa shape index (κ2) is 10.5. The average Bonchev–Trinajstić information content (AvgIpc) is 3.23. The van der Waals surface area contributed by atoms with Crippen LogP contribution in [0.15, 0.2) is 0 Å². The van der Waals surface area contributed by atoms with Crippen LogP contribution >= 0.6 is 0 Å². The molecule has 4 N–H and O–H groups in total. The van der Waals surface area contributed by atoms with Gasteiger partial charge in [0, 0.05) is 21.1 Å². The lowest BCUT2D eigenvalue weighted by molar-refractivity contribution is -0.203. The summed E-state index contributed by atoms with van der Waals surface area (Å²) < 4.78 is 106. The first-order valence-electron chi connectivity index (χ1n) is 17.8. The van der Waals surface area contributed by atoms with E-state index in [0.29, 0.717) is 19.3 Å². The number of aliphatic hydroxyl groups is 2. The number of hydrogen-bond donors (Lipinski definition) is 4. The third-order valence-electron chi connectivity index (χ3n) is 10.5. The lowest BCUT2D eigenvalue weighted by Crippen LogP contribution is -2.62. The van der Waals surface area contributed by atoms with E-state index in [0.717, 1.165) is 19.3 Å². The van der Waals surface area contributed by atoms with E-state index in [9.17, 15) is 23.4 Å². The van der Waals surface area contributed by atoms with Crippen LogP contribution in [0.2, 0.25) is 0 Å². The summed E-state index contributed by atoms with van der Waals surface area (Å²) in [4.78, 5) is 12.6. The van der Waals surface area contributed by atoms with Crippen molar-refractivity contribution in [1.29, 1.82) is 0 Å². The van der Waals surface area contributed by atoms with E-state index >= 15 is 0 Å². The van der Waals surface area contributed by atoms with E-state index in [1.807, 2.05) is 20.8 Å². The summed E-state index contributed by atoms with van der Waals surface area (Å²) in [6, 6.07) is 0. The first kappa shape index (κ1) is 18.6. The number of fused-ring (bicyclic) bond motifs is 5. The van der Waals surface area contributed by atoms with Gasteiger partial charge in [0.1, 0.15) is 0 Å². The molecule has 0 heterocycles. The van der Waals surface area contributed by atoms with Crippen molar-refractivity contribution >= 4 is 16.0 Å². The Bertz CT molecular complexity index is 1280. The maximum absolute atomic E-state index is 12.6. The molecule has 0 aromatic rings. The molecule has 4 aliphatic carbocycles. The van der Waals surface area contributed by atoms with E-state index in [4.69, 9.17) is 16.9 Å². The maximum Gasteiger partial charge on any atom is 0.266 e. The molecule has 0 bridgehead atoms. The molecule has 4 rings (SSSR count). The van der Waals surface area contributed by atoms with Crippen molar-refractivity contribution in [1.82, 2.24) is 5.32 Å². The van der Waals surface area contributed by atoms with Crippen LogP contribution in [-0.2, 0) is 14.9 Å². The van der Waals surface area contributed by atoms with Gasteiger partial charge < -0.3 is 15.5 Å². The Morgan fingerprint density at radius 3 is 2.53 bits per heavy atom.